The van der Waals surface area contributed by atoms with Crippen molar-refractivity contribution in [2.24, 2.45) is 0 Å². The standard InChI is InChI=1S/C20H24F2N4O2/c1-26(2)18(15-4-3-5-17(22)10-15)12-23-19(27)13-25-20(28)24-11-14-6-8-16(21)9-7-14/h3-10,18H,11-13H2,1-2H3,(H,23,27)(H2,24,25,28). The summed E-state index contributed by atoms with van der Waals surface area (Å²) in [4.78, 5) is 25.6. The second kappa shape index (κ2) is 10.4. The maximum absolute atomic E-state index is 13.4. The van der Waals surface area contributed by atoms with Crippen molar-refractivity contribution in [3.05, 3.63) is 71.3 Å². The summed E-state index contributed by atoms with van der Waals surface area (Å²) in [6, 6.07) is 11.2. The van der Waals surface area contributed by atoms with Crippen molar-refractivity contribution in [2.45, 2.75) is 12.6 Å². The molecule has 6 nitrogen and oxygen atoms in total. The molecule has 3 N–H and O–H groups in total. The van der Waals surface area contributed by atoms with Crippen molar-refractivity contribution in [1.29, 1.82) is 0 Å². The molecule has 0 fully saturated rings. The van der Waals surface area contributed by atoms with E-state index in [0.717, 1.165) is 11.1 Å². The average molecular weight is 390 g/mol. The molecule has 0 aliphatic rings. The molecule has 0 heterocycles. The molecule has 3 amide bonds. The van der Waals surface area contributed by atoms with Crippen LogP contribution >= 0.6 is 0 Å². The topological polar surface area (TPSA) is 73.5 Å². The van der Waals surface area contributed by atoms with E-state index in [1.807, 2.05) is 19.0 Å². The molecule has 0 spiro atoms. The van der Waals surface area contributed by atoms with Crippen LogP contribution in [0.2, 0.25) is 0 Å². The first-order chi connectivity index (χ1) is 13.3. The van der Waals surface area contributed by atoms with Crippen molar-refractivity contribution in [3.63, 3.8) is 0 Å². The van der Waals surface area contributed by atoms with Gasteiger partial charge in [-0.3, -0.25) is 4.79 Å². The largest absolute Gasteiger partial charge is 0.353 e. The summed E-state index contributed by atoms with van der Waals surface area (Å²) in [6.45, 7) is 0.294. The summed E-state index contributed by atoms with van der Waals surface area (Å²) in [5, 5.41) is 7.77. The highest BCUT2D eigenvalue weighted by atomic mass is 19.1. The third-order valence-electron chi connectivity index (χ3n) is 4.13. The van der Waals surface area contributed by atoms with Gasteiger partial charge in [0.25, 0.3) is 0 Å². The Labute approximate surface area is 162 Å². The molecule has 8 heteroatoms. The smallest absolute Gasteiger partial charge is 0.315 e. The molecule has 2 aromatic rings. The van der Waals surface area contributed by atoms with Crippen molar-refractivity contribution in [1.82, 2.24) is 20.9 Å². The number of nitrogens with zero attached hydrogens (tertiary/aromatic N) is 1. The van der Waals surface area contributed by atoms with Crippen molar-refractivity contribution in [3.8, 4) is 0 Å². The summed E-state index contributed by atoms with van der Waals surface area (Å²) in [7, 11) is 3.67. The number of rotatable bonds is 8. The van der Waals surface area contributed by atoms with Crippen LogP contribution in [-0.2, 0) is 11.3 Å². The van der Waals surface area contributed by atoms with E-state index in [9.17, 15) is 18.4 Å². The summed E-state index contributed by atoms with van der Waals surface area (Å²) >= 11 is 0. The minimum atomic E-state index is -0.506. The van der Waals surface area contributed by atoms with E-state index in [1.54, 1.807) is 24.3 Å². The highest BCUT2D eigenvalue weighted by Crippen LogP contribution is 2.18. The normalized spacial score (nSPS) is 11.8. The van der Waals surface area contributed by atoms with Gasteiger partial charge >= 0.3 is 6.03 Å². The lowest BCUT2D eigenvalue weighted by Crippen LogP contribution is -2.43. The molecule has 0 aliphatic carbocycles. The fourth-order valence-electron chi connectivity index (χ4n) is 2.59. The molecule has 2 aromatic carbocycles. The number of hydrogen-bond acceptors (Lipinski definition) is 3. The van der Waals surface area contributed by atoms with Gasteiger partial charge in [-0.25, -0.2) is 13.6 Å². The molecule has 0 aliphatic heterocycles. The number of nitrogens with one attached hydrogen (secondary N) is 3. The van der Waals surface area contributed by atoms with Gasteiger partial charge in [0.15, 0.2) is 0 Å². The maximum atomic E-state index is 13.4. The fraction of sp³-hybridized carbons (Fsp3) is 0.300. The summed E-state index contributed by atoms with van der Waals surface area (Å²) < 4.78 is 26.3. The SMILES string of the molecule is CN(C)C(CNC(=O)CNC(=O)NCc1ccc(F)cc1)c1cccc(F)c1. The third-order valence-corrected chi connectivity index (χ3v) is 4.13. The number of likely N-dealkylation sites (N-methyl/N-ethyl adjacent to an activating group) is 1. The predicted molar refractivity (Wildman–Crippen MR) is 102 cm³/mol. The Balaban J connectivity index is 1.74. The van der Waals surface area contributed by atoms with Gasteiger partial charge in [0.2, 0.25) is 5.91 Å². The molecule has 2 rings (SSSR count). The molecule has 0 radical (unpaired) electrons. The number of amides is 3. The first-order valence-corrected chi connectivity index (χ1v) is 8.80. The molecule has 0 saturated heterocycles. The minimum Gasteiger partial charge on any atom is -0.353 e. The van der Waals surface area contributed by atoms with Crippen LogP contribution in [0.3, 0.4) is 0 Å². The summed E-state index contributed by atoms with van der Waals surface area (Å²) in [6.07, 6.45) is 0. The quantitative estimate of drug-likeness (QED) is 0.647. The monoisotopic (exact) mass is 390 g/mol. The lowest BCUT2D eigenvalue weighted by molar-refractivity contribution is -0.120. The van der Waals surface area contributed by atoms with Crippen molar-refractivity contribution < 1.29 is 18.4 Å². The fourth-order valence-corrected chi connectivity index (χ4v) is 2.59. The van der Waals surface area contributed by atoms with Crippen LogP contribution in [0.5, 0.6) is 0 Å². The Morgan fingerprint density at radius 3 is 2.32 bits per heavy atom. The second-order valence-electron chi connectivity index (χ2n) is 6.50. The molecule has 0 saturated carbocycles. The maximum Gasteiger partial charge on any atom is 0.315 e. The number of halogens is 2. The van der Waals surface area contributed by atoms with Crippen molar-refractivity contribution in [2.75, 3.05) is 27.2 Å². The van der Waals surface area contributed by atoms with Gasteiger partial charge in [0, 0.05) is 13.1 Å². The first-order valence-electron chi connectivity index (χ1n) is 8.80. The molecule has 0 aromatic heterocycles. The van der Waals surface area contributed by atoms with Gasteiger partial charge in [-0.2, -0.15) is 0 Å². The average Bonchev–Trinajstić information content (AvgIpc) is 2.66. The van der Waals surface area contributed by atoms with Crippen LogP contribution in [0, 0.1) is 11.6 Å². The van der Waals surface area contributed by atoms with Gasteiger partial charge in [-0.05, 0) is 49.5 Å². The van der Waals surface area contributed by atoms with Crippen LogP contribution in [0.25, 0.3) is 0 Å². The molecule has 28 heavy (non-hydrogen) atoms. The summed E-state index contributed by atoms with van der Waals surface area (Å²) in [5.74, 6) is -1.05. The Morgan fingerprint density at radius 2 is 1.68 bits per heavy atom. The molecule has 0 bridgehead atoms. The van der Waals surface area contributed by atoms with Crippen molar-refractivity contribution >= 4 is 11.9 Å². The Kier molecular flexibility index (Phi) is 7.88. The number of benzene rings is 2. The lowest BCUT2D eigenvalue weighted by atomic mass is 10.1. The zero-order valence-corrected chi connectivity index (χ0v) is 15.8. The van der Waals surface area contributed by atoms with E-state index in [0.29, 0.717) is 0 Å². The van der Waals surface area contributed by atoms with E-state index < -0.39 is 6.03 Å². The zero-order chi connectivity index (χ0) is 20.5. The Hall–Kier alpha value is -3.00. The van der Waals surface area contributed by atoms with E-state index in [1.165, 1.54) is 24.3 Å². The van der Waals surface area contributed by atoms with Crippen LogP contribution in [0.15, 0.2) is 48.5 Å². The molecule has 1 unspecified atom stereocenters. The lowest BCUT2D eigenvalue weighted by Gasteiger charge is -2.25. The van der Waals surface area contributed by atoms with Gasteiger partial charge in [0.1, 0.15) is 11.6 Å². The Bertz CT molecular complexity index is 797. The minimum absolute atomic E-state index is 0.196. The van der Waals surface area contributed by atoms with E-state index in [4.69, 9.17) is 0 Å². The van der Waals surface area contributed by atoms with Crippen LogP contribution < -0.4 is 16.0 Å². The molecular weight excluding hydrogens is 366 g/mol. The molecule has 1 atom stereocenters. The van der Waals surface area contributed by atoms with Gasteiger partial charge in [-0.1, -0.05) is 24.3 Å². The number of urea groups is 1. The summed E-state index contributed by atoms with van der Waals surface area (Å²) in [5.41, 5.74) is 1.49. The first kappa shape index (κ1) is 21.3. The number of hydrogen-bond donors (Lipinski definition) is 3. The second-order valence-corrected chi connectivity index (χ2v) is 6.50. The van der Waals surface area contributed by atoms with Crippen LogP contribution in [0.4, 0.5) is 13.6 Å². The number of carbonyl (C=O) groups excluding carboxylic acids is 2. The number of carbonyl (C=O) groups is 2. The Morgan fingerprint density at radius 1 is 0.964 bits per heavy atom. The zero-order valence-electron chi connectivity index (χ0n) is 15.8. The van der Waals surface area contributed by atoms with Crippen LogP contribution in [-0.4, -0.2) is 44.0 Å². The van der Waals surface area contributed by atoms with Gasteiger partial charge < -0.3 is 20.9 Å². The van der Waals surface area contributed by atoms with E-state index >= 15 is 0 Å². The molecule has 150 valence electrons. The molecular formula is C20H24F2N4O2. The van der Waals surface area contributed by atoms with E-state index in [2.05, 4.69) is 16.0 Å². The highest BCUT2D eigenvalue weighted by molar-refractivity contribution is 5.83. The van der Waals surface area contributed by atoms with E-state index in [-0.39, 0.29) is 43.2 Å². The highest BCUT2D eigenvalue weighted by Gasteiger charge is 2.16. The van der Waals surface area contributed by atoms with Crippen LogP contribution in [0.1, 0.15) is 17.2 Å². The van der Waals surface area contributed by atoms with Gasteiger partial charge in [-0.15, -0.1) is 0 Å². The third kappa shape index (κ3) is 6.96. The predicted octanol–water partition coefficient (Wildman–Crippen LogP) is 2.18. The van der Waals surface area contributed by atoms with Gasteiger partial charge in [0.05, 0.1) is 12.6 Å².